The summed E-state index contributed by atoms with van der Waals surface area (Å²) in [5, 5.41) is 12.7. The normalized spacial score (nSPS) is 24.1. The summed E-state index contributed by atoms with van der Waals surface area (Å²) in [6.07, 6.45) is 6.04. The first-order valence-corrected chi connectivity index (χ1v) is 12.5. The zero-order valence-corrected chi connectivity index (χ0v) is 21.2. The van der Waals surface area contributed by atoms with E-state index in [1.165, 1.54) is 6.33 Å². The van der Waals surface area contributed by atoms with Crippen LogP contribution >= 0.6 is 11.6 Å². The molecule has 3 fully saturated rings. The summed E-state index contributed by atoms with van der Waals surface area (Å²) in [6.45, 7) is 7.64. The Morgan fingerprint density at radius 2 is 2.06 bits per heavy atom. The Morgan fingerprint density at radius 3 is 2.71 bits per heavy atom. The van der Waals surface area contributed by atoms with E-state index in [0.717, 1.165) is 37.7 Å². The van der Waals surface area contributed by atoms with Gasteiger partial charge in [-0.25, -0.2) is 14.8 Å². The Labute approximate surface area is 210 Å². The zero-order valence-electron chi connectivity index (χ0n) is 20.5. The molecule has 1 amide bonds. The van der Waals surface area contributed by atoms with Crippen LogP contribution < -0.4 is 10.1 Å². The lowest BCUT2D eigenvalue weighted by Crippen LogP contribution is -2.57. The Balaban J connectivity index is 1.35. The van der Waals surface area contributed by atoms with Crippen molar-refractivity contribution in [3.8, 4) is 11.9 Å². The molecule has 3 aliphatic rings. The van der Waals surface area contributed by atoms with E-state index >= 15 is 0 Å². The Hall–Kier alpha value is -3.05. The number of fused-ring (bicyclic) bond motifs is 3. The van der Waals surface area contributed by atoms with Gasteiger partial charge in [-0.3, -0.25) is 0 Å². The van der Waals surface area contributed by atoms with Crippen molar-refractivity contribution in [2.45, 2.75) is 83.6 Å². The van der Waals surface area contributed by atoms with Crippen molar-refractivity contribution < 1.29 is 14.3 Å². The minimum atomic E-state index is -0.514. The largest absolute Gasteiger partial charge is 0.473 e. The third kappa shape index (κ3) is 4.38. The number of halogens is 1. The Bertz CT molecular complexity index is 1200. The maximum absolute atomic E-state index is 13.0. The fourth-order valence-electron chi connectivity index (χ4n) is 5.56. The van der Waals surface area contributed by atoms with Crippen LogP contribution in [0.15, 0.2) is 24.5 Å². The van der Waals surface area contributed by atoms with Crippen molar-refractivity contribution in [2.24, 2.45) is 5.41 Å². The highest BCUT2D eigenvalue weighted by Gasteiger charge is 2.65. The molecule has 3 heterocycles. The molecular weight excluding hydrogens is 466 g/mol. The predicted molar refractivity (Wildman–Crippen MR) is 132 cm³/mol. The van der Waals surface area contributed by atoms with Gasteiger partial charge in [-0.1, -0.05) is 11.6 Å². The van der Waals surface area contributed by atoms with E-state index in [9.17, 15) is 4.79 Å². The van der Waals surface area contributed by atoms with E-state index in [-0.39, 0.29) is 29.7 Å². The first kappa shape index (κ1) is 23.7. The van der Waals surface area contributed by atoms with Gasteiger partial charge in [0.25, 0.3) is 0 Å². The SMILES string of the molecule is Cc1c(Nc2ccc(C#N)cc2Cl)ncnc1OC1CC2CCC(N2C(=O)OC(C)(C)C)C12CC2. The predicted octanol–water partition coefficient (Wildman–Crippen LogP) is 5.75. The van der Waals surface area contributed by atoms with E-state index in [1.807, 2.05) is 32.6 Å². The molecule has 2 bridgehead atoms. The molecule has 1 N–H and O–H groups in total. The van der Waals surface area contributed by atoms with Gasteiger partial charge in [0.2, 0.25) is 5.88 Å². The smallest absolute Gasteiger partial charge is 0.410 e. The number of hydrogen-bond acceptors (Lipinski definition) is 7. The van der Waals surface area contributed by atoms with Crippen molar-refractivity contribution in [3.05, 3.63) is 40.7 Å². The summed E-state index contributed by atoms with van der Waals surface area (Å²) >= 11 is 6.34. The molecule has 1 spiro atoms. The minimum absolute atomic E-state index is 0.0152. The third-order valence-electron chi connectivity index (χ3n) is 7.37. The van der Waals surface area contributed by atoms with Crippen molar-refractivity contribution >= 4 is 29.2 Å². The lowest BCUT2D eigenvalue weighted by molar-refractivity contribution is -0.0403. The van der Waals surface area contributed by atoms with E-state index < -0.39 is 5.60 Å². The number of nitrogens with one attached hydrogen (secondary N) is 1. The van der Waals surface area contributed by atoms with Gasteiger partial charge in [0.15, 0.2) is 0 Å². The van der Waals surface area contributed by atoms with Crippen molar-refractivity contribution in [1.82, 2.24) is 14.9 Å². The quantitative estimate of drug-likeness (QED) is 0.576. The van der Waals surface area contributed by atoms with Crippen LogP contribution in [0.2, 0.25) is 5.02 Å². The minimum Gasteiger partial charge on any atom is -0.473 e. The number of carbonyl (C=O) groups is 1. The van der Waals surface area contributed by atoms with Gasteiger partial charge in [-0.15, -0.1) is 0 Å². The van der Waals surface area contributed by atoms with Gasteiger partial charge in [0.05, 0.1) is 27.9 Å². The topological polar surface area (TPSA) is 100 Å². The summed E-state index contributed by atoms with van der Waals surface area (Å²) in [5.74, 6) is 1.13. The summed E-state index contributed by atoms with van der Waals surface area (Å²) in [5.41, 5.74) is 1.36. The first-order valence-electron chi connectivity index (χ1n) is 12.1. The number of anilines is 2. The van der Waals surface area contributed by atoms with Crippen LogP contribution in [-0.4, -0.2) is 44.7 Å². The van der Waals surface area contributed by atoms with Crippen molar-refractivity contribution in [3.63, 3.8) is 0 Å². The fraction of sp³-hybridized carbons (Fsp3) is 0.538. The fourth-order valence-corrected chi connectivity index (χ4v) is 5.79. The molecule has 3 atom stereocenters. The van der Waals surface area contributed by atoms with E-state index in [2.05, 4.69) is 21.4 Å². The Morgan fingerprint density at radius 1 is 1.29 bits per heavy atom. The average molecular weight is 496 g/mol. The van der Waals surface area contributed by atoms with Crippen LogP contribution in [0.5, 0.6) is 5.88 Å². The molecule has 5 rings (SSSR count). The summed E-state index contributed by atoms with van der Waals surface area (Å²) in [6, 6.07) is 7.40. The highest BCUT2D eigenvalue weighted by molar-refractivity contribution is 6.33. The van der Waals surface area contributed by atoms with Crippen LogP contribution in [-0.2, 0) is 4.74 Å². The molecule has 2 aliphatic heterocycles. The highest BCUT2D eigenvalue weighted by atomic mass is 35.5. The third-order valence-corrected chi connectivity index (χ3v) is 7.68. The molecule has 9 heteroatoms. The average Bonchev–Trinajstić information content (AvgIpc) is 3.50. The molecule has 0 radical (unpaired) electrons. The van der Waals surface area contributed by atoms with Crippen LogP contribution in [0.25, 0.3) is 0 Å². The van der Waals surface area contributed by atoms with Gasteiger partial charge in [-0.05, 0) is 71.6 Å². The molecule has 184 valence electrons. The number of hydrogen-bond donors (Lipinski definition) is 1. The number of benzene rings is 1. The second-order valence-corrected chi connectivity index (χ2v) is 11.2. The monoisotopic (exact) mass is 495 g/mol. The molecule has 8 nitrogen and oxygen atoms in total. The van der Waals surface area contributed by atoms with Crippen molar-refractivity contribution in [1.29, 1.82) is 5.26 Å². The van der Waals surface area contributed by atoms with E-state index in [0.29, 0.717) is 28.0 Å². The lowest BCUT2D eigenvalue weighted by Gasteiger charge is -2.45. The number of nitriles is 1. The molecule has 1 saturated carbocycles. The molecule has 35 heavy (non-hydrogen) atoms. The molecule has 1 aromatic carbocycles. The standard InChI is InChI=1S/C26H30ClN5O3/c1-15-22(31-19-7-5-16(13-28)11-18(19)27)29-14-30-23(15)34-21-12-17-6-8-20(26(21)9-10-26)32(17)24(33)35-25(2,3)4/h5,7,11,14,17,20-21H,6,8-10,12H2,1-4H3,(H,29,30,31). The molecule has 1 aliphatic carbocycles. The number of amides is 1. The van der Waals surface area contributed by atoms with Gasteiger partial charge < -0.3 is 19.7 Å². The number of piperidine rings is 1. The summed E-state index contributed by atoms with van der Waals surface area (Å²) in [7, 11) is 0. The maximum Gasteiger partial charge on any atom is 0.410 e. The maximum atomic E-state index is 13.0. The molecular formula is C26H30ClN5O3. The zero-order chi connectivity index (χ0) is 25.0. The molecule has 3 unspecified atom stereocenters. The van der Waals surface area contributed by atoms with E-state index in [4.69, 9.17) is 26.3 Å². The van der Waals surface area contributed by atoms with Gasteiger partial charge >= 0.3 is 6.09 Å². The van der Waals surface area contributed by atoms with Crippen LogP contribution in [0.4, 0.5) is 16.3 Å². The van der Waals surface area contributed by atoms with E-state index in [1.54, 1.807) is 18.2 Å². The van der Waals surface area contributed by atoms with Gasteiger partial charge in [-0.2, -0.15) is 5.26 Å². The van der Waals surface area contributed by atoms with Crippen LogP contribution in [0.3, 0.4) is 0 Å². The molecule has 2 aromatic rings. The Kier molecular flexibility index (Phi) is 5.79. The molecule has 2 saturated heterocycles. The lowest BCUT2D eigenvalue weighted by atomic mass is 9.84. The number of ether oxygens (including phenoxy) is 2. The molecule has 1 aromatic heterocycles. The number of carbonyl (C=O) groups excluding carboxylic acids is 1. The number of nitrogens with zero attached hydrogens (tertiary/aromatic N) is 4. The van der Waals surface area contributed by atoms with Crippen molar-refractivity contribution in [2.75, 3.05) is 5.32 Å². The number of rotatable bonds is 4. The number of aromatic nitrogens is 2. The van der Waals surface area contributed by atoms with Crippen LogP contribution in [0, 0.1) is 23.7 Å². The second-order valence-electron chi connectivity index (χ2n) is 10.8. The van der Waals surface area contributed by atoms with Gasteiger partial charge in [0, 0.05) is 23.9 Å². The first-order chi connectivity index (χ1) is 16.6. The van der Waals surface area contributed by atoms with Gasteiger partial charge in [0.1, 0.15) is 23.9 Å². The summed E-state index contributed by atoms with van der Waals surface area (Å²) < 4.78 is 12.3. The van der Waals surface area contributed by atoms with Crippen LogP contribution in [0.1, 0.15) is 64.0 Å². The summed E-state index contributed by atoms with van der Waals surface area (Å²) in [4.78, 5) is 23.8. The highest BCUT2D eigenvalue weighted by Crippen LogP contribution is 2.62. The second kappa shape index (κ2) is 8.56.